The van der Waals surface area contributed by atoms with E-state index in [0.29, 0.717) is 0 Å². The highest BCUT2D eigenvalue weighted by atomic mass is 19.1. The summed E-state index contributed by atoms with van der Waals surface area (Å²) in [6, 6.07) is 4.99. The van der Waals surface area contributed by atoms with E-state index in [1.165, 1.54) is 30.7 Å². The van der Waals surface area contributed by atoms with Crippen LogP contribution in [0.25, 0.3) is 0 Å². The Hall–Kier alpha value is -1.68. The minimum Gasteiger partial charge on any atom is -0.472 e. The van der Waals surface area contributed by atoms with Crippen molar-refractivity contribution in [1.82, 2.24) is 0 Å². The number of hydrogen-bond acceptors (Lipinski definition) is 2. The number of rotatable bonds is 3. The Morgan fingerprint density at radius 3 is 2.44 bits per heavy atom. The van der Waals surface area contributed by atoms with Crippen molar-refractivity contribution in [3.05, 3.63) is 59.6 Å². The highest BCUT2D eigenvalue weighted by Gasteiger charge is 2.14. The van der Waals surface area contributed by atoms with E-state index in [4.69, 9.17) is 10.2 Å². The fourth-order valence-corrected chi connectivity index (χ4v) is 1.55. The largest absolute Gasteiger partial charge is 0.472 e. The molecular weight excluding hydrogens is 212 g/mol. The molecule has 0 spiro atoms. The Bertz CT molecular complexity index is 448. The lowest BCUT2D eigenvalue weighted by molar-refractivity contribution is 0.533. The standard InChI is InChI=1S/C12H11F2NO/c13-10-2-1-3-11(14)9(10)6-12(15)8-4-5-16-7-8/h1-5,7,12H,6,15H2. The minimum absolute atomic E-state index is 0.0104. The lowest BCUT2D eigenvalue weighted by Crippen LogP contribution is -2.14. The molecule has 0 saturated heterocycles. The van der Waals surface area contributed by atoms with Crippen molar-refractivity contribution in [3.8, 4) is 0 Å². The number of halogens is 2. The van der Waals surface area contributed by atoms with Crippen molar-refractivity contribution in [1.29, 1.82) is 0 Å². The molecule has 0 aliphatic carbocycles. The zero-order valence-electron chi connectivity index (χ0n) is 8.49. The monoisotopic (exact) mass is 223 g/mol. The highest BCUT2D eigenvalue weighted by molar-refractivity contribution is 5.23. The number of hydrogen-bond donors (Lipinski definition) is 1. The molecule has 0 aliphatic rings. The summed E-state index contributed by atoms with van der Waals surface area (Å²) in [5.74, 6) is -1.14. The molecule has 2 aromatic rings. The number of nitrogens with two attached hydrogens (primary N) is 1. The van der Waals surface area contributed by atoms with Gasteiger partial charge in [0.2, 0.25) is 0 Å². The van der Waals surface area contributed by atoms with Gasteiger partial charge in [-0.1, -0.05) is 6.07 Å². The van der Waals surface area contributed by atoms with Gasteiger partial charge in [0, 0.05) is 17.2 Å². The Kier molecular flexibility index (Phi) is 3.01. The number of benzene rings is 1. The summed E-state index contributed by atoms with van der Waals surface area (Å²) in [4.78, 5) is 0. The third-order valence-corrected chi connectivity index (χ3v) is 2.46. The molecule has 0 bridgehead atoms. The maximum Gasteiger partial charge on any atom is 0.129 e. The quantitative estimate of drug-likeness (QED) is 0.868. The maximum atomic E-state index is 13.3. The van der Waals surface area contributed by atoms with Crippen LogP contribution in [0.15, 0.2) is 41.2 Å². The molecule has 0 fully saturated rings. The fraction of sp³-hybridized carbons (Fsp3) is 0.167. The van der Waals surface area contributed by atoms with Crippen molar-refractivity contribution in [2.24, 2.45) is 5.73 Å². The lowest BCUT2D eigenvalue weighted by Gasteiger charge is -2.10. The predicted molar refractivity (Wildman–Crippen MR) is 55.7 cm³/mol. The Morgan fingerprint density at radius 2 is 1.88 bits per heavy atom. The molecule has 0 radical (unpaired) electrons. The summed E-state index contributed by atoms with van der Waals surface area (Å²) < 4.78 is 31.5. The van der Waals surface area contributed by atoms with Gasteiger partial charge in [0.15, 0.2) is 0 Å². The van der Waals surface area contributed by atoms with E-state index < -0.39 is 17.7 Å². The molecular formula is C12H11F2NO. The van der Waals surface area contributed by atoms with Gasteiger partial charge in [-0.3, -0.25) is 0 Å². The molecule has 2 nitrogen and oxygen atoms in total. The predicted octanol–water partition coefficient (Wildman–Crippen LogP) is 2.80. The first-order valence-corrected chi connectivity index (χ1v) is 4.89. The van der Waals surface area contributed by atoms with Crippen LogP contribution in [0.2, 0.25) is 0 Å². The first-order valence-electron chi connectivity index (χ1n) is 4.89. The van der Waals surface area contributed by atoms with E-state index in [1.54, 1.807) is 6.07 Å². The highest BCUT2D eigenvalue weighted by Crippen LogP contribution is 2.20. The second-order valence-electron chi connectivity index (χ2n) is 3.57. The normalized spacial score (nSPS) is 12.7. The fourth-order valence-electron chi connectivity index (χ4n) is 1.55. The van der Waals surface area contributed by atoms with Crippen molar-refractivity contribution >= 4 is 0 Å². The second kappa shape index (κ2) is 4.45. The molecule has 2 rings (SSSR count). The molecule has 84 valence electrons. The second-order valence-corrected chi connectivity index (χ2v) is 3.57. The smallest absolute Gasteiger partial charge is 0.129 e. The van der Waals surface area contributed by atoms with Gasteiger partial charge in [0.05, 0.1) is 12.5 Å². The van der Waals surface area contributed by atoms with Crippen LogP contribution in [-0.2, 0) is 6.42 Å². The van der Waals surface area contributed by atoms with Gasteiger partial charge in [-0.2, -0.15) is 0 Å². The lowest BCUT2D eigenvalue weighted by atomic mass is 10.0. The third-order valence-electron chi connectivity index (χ3n) is 2.46. The van der Waals surface area contributed by atoms with E-state index in [-0.39, 0.29) is 12.0 Å². The van der Waals surface area contributed by atoms with Crippen molar-refractivity contribution in [2.45, 2.75) is 12.5 Å². The average Bonchev–Trinajstić information content (AvgIpc) is 2.76. The van der Waals surface area contributed by atoms with E-state index in [2.05, 4.69) is 0 Å². The van der Waals surface area contributed by atoms with E-state index in [0.717, 1.165) is 5.56 Å². The van der Waals surface area contributed by atoms with Gasteiger partial charge in [-0.05, 0) is 24.6 Å². The molecule has 16 heavy (non-hydrogen) atoms. The zero-order valence-corrected chi connectivity index (χ0v) is 8.49. The first-order chi connectivity index (χ1) is 7.68. The SMILES string of the molecule is NC(Cc1c(F)cccc1F)c1ccoc1. The van der Waals surface area contributed by atoms with Crippen LogP contribution in [0.1, 0.15) is 17.2 Å². The van der Waals surface area contributed by atoms with E-state index in [1.807, 2.05) is 0 Å². The van der Waals surface area contributed by atoms with Gasteiger partial charge in [0.25, 0.3) is 0 Å². The van der Waals surface area contributed by atoms with Crippen LogP contribution < -0.4 is 5.73 Å². The Morgan fingerprint density at radius 1 is 1.19 bits per heavy atom. The zero-order chi connectivity index (χ0) is 11.5. The molecule has 1 unspecified atom stereocenters. The minimum atomic E-state index is -0.570. The van der Waals surface area contributed by atoms with E-state index in [9.17, 15) is 8.78 Å². The van der Waals surface area contributed by atoms with Crippen LogP contribution in [0, 0.1) is 11.6 Å². The Balaban J connectivity index is 2.21. The van der Waals surface area contributed by atoms with Crippen LogP contribution in [0.4, 0.5) is 8.78 Å². The van der Waals surface area contributed by atoms with Gasteiger partial charge in [-0.25, -0.2) is 8.78 Å². The van der Waals surface area contributed by atoms with E-state index >= 15 is 0 Å². The molecule has 4 heteroatoms. The molecule has 0 aliphatic heterocycles. The summed E-state index contributed by atoms with van der Waals surface area (Å²) in [5.41, 5.74) is 6.55. The topological polar surface area (TPSA) is 39.2 Å². The van der Waals surface area contributed by atoms with Gasteiger partial charge in [-0.15, -0.1) is 0 Å². The molecule has 0 amide bonds. The van der Waals surface area contributed by atoms with Crippen molar-refractivity contribution < 1.29 is 13.2 Å². The van der Waals surface area contributed by atoms with Crippen LogP contribution in [0.5, 0.6) is 0 Å². The van der Waals surface area contributed by atoms with Crippen LogP contribution >= 0.6 is 0 Å². The molecule has 1 aromatic heterocycles. The summed E-state index contributed by atoms with van der Waals surface area (Å²) in [7, 11) is 0. The third kappa shape index (κ3) is 2.12. The maximum absolute atomic E-state index is 13.3. The molecule has 1 aromatic carbocycles. The summed E-state index contributed by atoms with van der Waals surface area (Å²) in [6.07, 6.45) is 3.06. The Labute approximate surface area is 91.7 Å². The number of furan rings is 1. The molecule has 1 atom stereocenters. The van der Waals surface area contributed by atoms with Crippen LogP contribution in [0.3, 0.4) is 0 Å². The van der Waals surface area contributed by atoms with Gasteiger partial charge < -0.3 is 10.2 Å². The van der Waals surface area contributed by atoms with Gasteiger partial charge in [0.1, 0.15) is 11.6 Å². The molecule has 1 heterocycles. The summed E-state index contributed by atoms with van der Waals surface area (Å²) >= 11 is 0. The van der Waals surface area contributed by atoms with Crippen molar-refractivity contribution in [3.63, 3.8) is 0 Å². The van der Waals surface area contributed by atoms with Crippen molar-refractivity contribution in [2.75, 3.05) is 0 Å². The summed E-state index contributed by atoms with van der Waals surface area (Å²) in [5, 5.41) is 0. The molecule has 0 saturated carbocycles. The summed E-state index contributed by atoms with van der Waals surface area (Å²) in [6.45, 7) is 0. The first kappa shape index (κ1) is 10.8. The molecule has 2 N–H and O–H groups in total. The van der Waals surface area contributed by atoms with Crippen LogP contribution in [-0.4, -0.2) is 0 Å². The average molecular weight is 223 g/mol. The van der Waals surface area contributed by atoms with Gasteiger partial charge >= 0.3 is 0 Å².